The third-order valence-corrected chi connectivity index (χ3v) is 2.64. The number of hydrogen-bond donors (Lipinski definition) is 1. The average Bonchev–Trinajstić information content (AvgIpc) is 2.37. The quantitative estimate of drug-likeness (QED) is 0.627. The van der Waals surface area contributed by atoms with Gasteiger partial charge in [-0.3, -0.25) is 15.4 Å². The van der Waals surface area contributed by atoms with Gasteiger partial charge in [0.1, 0.15) is 12.1 Å². The molecule has 19 heavy (non-hydrogen) atoms. The molecule has 0 aliphatic carbocycles. The maximum atomic E-state index is 10.9. The van der Waals surface area contributed by atoms with Gasteiger partial charge in [-0.15, -0.1) is 0 Å². The maximum absolute atomic E-state index is 10.9. The van der Waals surface area contributed by atoms with Crippen molar-refractivity contribution in [3.05, 3.63) is 33.9 Å². The summed E-state index contributed by atoms with van der Waals surface area (Å²) in [6.45, 7) is 6.00. The summed E-state index contributed by atoms with van der Waals surface area (Å²) in [5.74, 6) is 0.176. The molecular formula is C13H17N3O3. The van der Waals surface area contributed by atoms with E-state index < -0.39 is 10.5 Å². The van der Waals surface area contributed by atoms with Crippen LogP contribution in [-0.2, 0) is 0 Å². The van der Waals surface area contributed by atoms with Crippen molar-refractivity contribution in [2.45, 2.75) is 26.3 Å². The highest BCUT2D eigenvalue weighted by atomic mass is 16.6. The molecule has 1 rings (SSSR count). The Bertz CT molecular complexity index is 510. The van der Waals surface area contributed by atoms with Gasteiger partial charge in [0.2, 0.25) is 0 Å². The smallest absolute Gasteiger partial charge is 0.311 e. The minimum Gasteiger partial charge on any atom is -0.484 e. The summed E-state index contributed by atoms with van der Waals surface area (Å²) in [6.07, 6.45) is 0. The van der Waals surface area contributed by atoms with Gasteiger partial charge in [0.25, 0.3) is 0 Å². The Morgan fingerprint density at radius 2 is 2.26 bits per heavy atom. The minimum atomic E-state index is -0.868. The van der Waals surface area contributed by atoms with Crippen LogP contribution in [0.5, 0.6) is 5.75 Å². The Morgan fingerprint density at radius 1 is 1.58 bits per heavy atom. The highest BCUT2D eigenvalue weighted by Crippen LogP contribution is 2.28. The molecule has 0 aromatic heterocycles. The summed E-state index contributed by atoms with van der Waals surface area (Å²) in [7, 11) is 0. The van der Waals surface area contributed by atoms with Crippen molar-refractivity contribution >= 4 is 5.69 Å². The predicted molar refractivity (Wildman–Crippen MR) is 71.0 cm³/mol. The van der Waals surface area contributed by atoms with Crippen molar-refractivity contribution in [3.8, 4) is 11.8 Å². The van der Waals surface area contributed by atoms with Crippen LogP contribution in [0.1, 0.15) is 19.4 Å². The lowest BCUT2D eigenvalue weighted by Gasteiger charge is -2.22. The zero-order valence-corrected chi connectivity index (χ0v) is 11.3. The van der Waals surface area contributed by atoms with Crippen molar-refractivity contribution < 1.29 is 9.66 Å². The van der Waals surface area contributed by atoms with Gasteiger partial charge < -0.3 is 4.74 Å². The zero-order valence-electron chi connectivity index (χ0n) is 11.3. The number of benzene rings is 1. The molecule has 0 saturated carbocycles. The summed E-state index contributed by atoms with van der Waals surface area (Å²) in [5.41, 5.74) is -0.168. The van der Waals surface area contributed by atoms with Gasteiger partial charge in [0, 0.05) is 6.07 Å². The van der Waals surface area contributed by atoms with Crippen molar-refractivity contribution in [2.75, 3.05) is 13.2 Å². The molecule has 0 spiro atoms. The van der Waals surface area contributed by atoms with E-state index in [1.807, 2.05) is 6.92 Å². The van der Waals surface area contributed by atoms with Crippen LogP contribution in [0, 0.1) is 28.4 Å². The Hall–Kier alpha value is -2.13. The second kappa shape index (κ2) is 6.16. The molecule has 0 aliphatic rings. The molecular weight excluding hydrogens is 246 g/mol. The Labute approximate surface area is 112 Å². The van der Waals surface area contributed by atoms with Gasteiger partial charge in [-0.1, -0.05) is 13.0 Å². The fourth-order valence-electron chi connectivity index (χ4n) is 1.63. The van der Waals surface area contributed by atoms with Crippen LogP contribution >= 0.6 is 0 Å². The van der Waals surface area contributed by atoms with E-state index in [1.165, 1.54) is 6.07 Å². The number of rotatable bonds is 6. The highest BCUT2D eigenvalue weighted by Gasteiger charge is 2.25. The van der Waals surface area contributed by atoms with E-state index in [0.717, 1.165) is 5.56 Å². The lowest BCUT2D eigenvalue weighted by atomic mass is 10.1. The Morgan fingerprint density at radius 3 is 2.79 bits per heavy atom. The summed E-state index contributed by atoms with van der Waals surface area (Å²) in [6, 6.07) is 6.84. The summed E-state index contributed by atoms with van der Waals surface area (Å²) < 4.78 is 5.44. The first-order valence-electron chi connectivity index (χ1n) is 5.96. The third-order valence-electron chi connectivity index (χ3n) is 2.64. The van der Waals surface area contributed by atoms with Crippen molar-refractivity contribution in [3.63, 3.8) is 0 Å². The first-order chi connectivity index (χ1) is 8.91. The van der Waals surface area contributed by atoms with Crippen LogP contribution < -0.4 is 10.1 Å². The molecule has 0 aliphatic heterocycles. The molecule has 1 unspecified atom stereocenters. The summed E-state index contributed by atoms with van der Waals surface area (Å²) in [4.78, 5) is 10.5. The number of aryl methyl sites for hydroxylation is 1. The fraction of sp³-hybridized carbons (Fsp3) is 0.462. The molecule has 1 atom stereocenters. The fourth-order valence-corrected chi connectivity index (χ4v) is 1.63. The van der Waals surface area contributed by atoms with Gasteiger partial charge in [-0.25, -0.2) is 0 Å². The van der Waals surface area contributed by atoms with Crippen LogP contribution in [0.15, 0.2) is 18.2 Å². The lowest BCUT2D eigenvalue weighted by Crippen LogP contribution is -2.46. The van der Waals surface area contributed by atoms with Crippen LogP contribution in [0.25, 0.3) is 0 Å². The van der Waals surface area contributed by atoms with Crippen molar-refractivity contribution in [1.29, 1.82) is 5.26 Å². The second-order valence-corrected chi connectivity index (χ2v) is 4.49. The third kappa shape index (κ3) is 3.93. The van der Waals surface area contributed by atoms with Gasteiger partial charge in [0.05, 0.1) is 11.0 Å². The summed E-state index contributed by atoms with van der Waals surface area (Å²) in [5, 5.41) is 23.0. The number of nitro groups is 1. The molecule has 0 saturated heterocycles. The van der Waals surface area contributed by atoms with Crippen molar-refractivity contribution in [2.24, 2.45) is 0 Å². The van der Waals surface area contributed by atoms with Gasteiger partial charge in [-0.2, -0.15) is 5.26 Å². The van der Waals surface area contributed by atoms with E-state index in [2.05, 4.69) is 11.4 Å². The monoisotopic (exact) mass is 263 g/mol. The first-order valence-corrected chi connectivity index (χ1v) is 5.96. The average molecular weight is 263 g/mol. The zero-order chi connectivity index (χ0) is 14.5. The molecule has 0 heterocycles. The molecule has 102 valence electrons. The summed E-state index contributed by atoms with van der Waals surface area (Å²) >= 11 is 0. The first kappa shape index (κ1) is 14.9. The lowest BCUT2D eigenvalue weighted by molar-refractivity contribution is -0.385. The molecule has 0 amide bonds. The van der Waals surface area contributed by atoms with E-state index in [-0.39, 0.29) is 18.0 Å². The normalized spacial score (nSPS) is 13.4. The van der Waals surface area contributed by atoms with Gasteiger partial charge >= 0.3 is 5.69 Å². The molecule has 1 aromatic rings. The topological polar surface area (TPSA) is 88.2 Å². The predicted octanol–water partition coefficient (Wildman–Crippen LogP) is 2.17. The van der Waals surface area contributed by atoms with E-state index >= 15 is 0 Å². The van der Waals surface area contributed by atoms with Crippen LogP contribution in [0.3, 0.4) is 0 Å². The number of nitrogens with one attached hydrogen (secondary N) is 1. The van der Waals surface area contributed by atoms with Crippen LogP contribution in [0.2, 0.25) is 0 Å². The molecule has 6 nitrogen and oxygen atoms in total. The molecule has 1 aromatic carbocycles. The molecule has 0 bridgehead atoms. The second-order valence-electron chi connectivity index (χ2n) is 4.49. The molecule has 1 N–H and O–H groups in total. The number of hydrogen-bond acceptors (Lipinski definition) is 5. The van der Waals surface area contributed by atoms with E-state index in [4.69, 9.17) is 10.00 Å². The van der Waals surface area contributed by atoms with E-state index in [0.29, 0.717) is 6.54 Å². The van der Waals surface area contributed by atoms with Crippen molar-refractivity contribution in [1.82, 2.24) is 5.32 Å². The molecule has 0 radical (unpaired) electrons. The Balaban J connectivity index is 2.89. The number of nitriles is 1. The number of ether oxygens (including phenoxy) is 1. The van der Waals surface area contributed by atoms with Crippen LogP contribution in [-0.4, -0.2) is 23.6 Å². The molecule has 0 fully saturated rings. The van der Waals surface area contributed by atoms with E-state index in [1.54, 1.807) is 26.0 Å². The van der Waals surface area contributed by atoms with Gasteiger partial charge in [-0.05, 0) is 32.0 Å². The van der Waals surface area contributed by atoms with E-state index in [9.17, 15) is 10.1 Å². The molecule has 6 heteroatoms. The number of nitro benzene ring substituents is 1. The maximum Gasteiger partial charge on any atom is 0.311 e. The van der Waals surface area contributed by atoms with Crippen LogP contribution in [0.4, 0.5) is 5.69 Å². The number of nitrogens with zero attached hydrogens (tertiary/aromatic N) is 2. The number of likely N-dealkylation sites (N-methyl/N-ethyl adjacent to an activating group) is 1. The highest BCUT2D eigenvalue weighted by molar-refractivity contribution is 5.48. The SMILES string of the molecule is CCNC(C)(C#N)COc1ccc(C)cc1[N+](=O)[O-]. The standard InChI is InChI=1S/C13H17N3O3/c1-4-15-13(3,8-14)9-19-12-6-5-10(2)7-11(12)16(17)18/h5-7,15H,4,9H2,1-3H3. The largest absolute Gasteiger partial charge is 0.484 e. The Kier molecular flexibility index (Phi) is 4.84. The minimum absolute atomic E-state index is 0.0429. The van der Waals surface area contributed by atoms with Gasteiger partial charge in [0.15, 0.2) is 5.75 Å².